The highest BCUT2D eigenvalue weighted by Gasteiger charge is 2.03. The Kier molecular flexibility index (Phi) is 1.29. The summed E-state index contributed by atoms with van der Waals surface area (Å²) in [5.74, 6) is 0.537. The third-order valence-corrected chi connectivity index (χ3v) is 1.71. The van der Waals surface area contributed by atoms with E-state index in [4.69, 9.17) is 11.6 Å². The van der Waals surface area contributed by atoms with Gasteiger partial charge in [0, 0.05) is 11.9 Å². The number of nitrogens with zero attached hydrogens (tertiary/aromatic N) is 4. The van der Waals surface area contributed by atoms with Crippen LogP contribution in [0.15, 0.2) is 12.3 Å². The normalized spacial score (nSPS) is 10.7. The van der Waals surface area contributed by atoms with Crippen LogP contribution in [0.1, 0.15) is 5.69 Å². The van der Waals surface area contributed by atoms with Crippen LogP contribution in [0.3, 0.4) is 0 Å². The van der Waals surface area contributed by atoms with Crippen molar-refractivity contribution in [2.75, 3.05) is 0 Å². The van der Waals surface area contributed by atoms with Gasteiger partial charge < -0.3 is 0 Å². The van der Waals surface area contributed by atoms with Crippen LogP contribution in [0.2, 0.25) is 5.28 Å². The zero-order valence-corrected chi connectivity index (χ0v) is 6.58. The maximum absolute atomic E-state index is 5.73. The smallest absolute Gasteiger partial charge is 0.254 e. The quantitative estimate of drug-likeness (QED) is 0.592. The van der Waals surface area contributed by atoms with Gasteiger partial charge in [-0.3, -0.25) is 4.40 Å². The summed E-state index contributed by atoms with van der Waals surface area (Å²) < 4.78 is 1.68. The Bertz CT molecular complexity index is 394. The van der Waals surface area contributed by atoms with Gasteiger partial charge in [0.25, 0.3) is 5.78 Å². The maximum atomic E-state index is 5.73. The van der Waals surface area contributed by atoms with Crippen molar-refractivity contribution in [3.8, 4) is 0 Å². The summed E-state index contributed by atoms with van der Waals surface area (Å²) in [5.41, 5.74) is 0.977. The molecule has 11 heavy (non-hydrogen) atoms. The highest BCUT2D eigenvalue weighted by Crippen LogP contribution is 2.08. The van der Waals surface area contributed by atoms with E-state index in [1.807, 2.05) is 13.0 Å². The first-order chi connectivity index (χ1) is 5.29. The Morgan fingerprint density at radius 1 is 1.45 bits per heavy atom. The van der Waals surface area contributed by atoms with Crippen molar-refractivity contribution in [1.82, 2.24) is 19.6 Å². The van der Waals surface area contributed by atoms with Crippen molar-refractivity contribution >= 4 is 17.4 Å². The van der Waals surface area contributed by atoms with Crippen molar-refractivity contribution in [1.29, 1.82) is 0 Å². The molecule has 0 spiro atoms. The highest BCUT2D eigenvalue weighted by atomic mass is 35.5. The summed E-state index contributed by atoms with van der Waals surface area (Å²) in [6.45, 7) is 1.92. The van der Waals surface area contributed by atoms with Gasteiger partial charge in [0.15, 0.2) is 0 Å². The average Bonchev–Trinajstić information content (AvgIpc) is 2.34. The number of aromatic nitrogens is 4. The maximum Gasteiger partial charge on any atom is 0.256 e. The van der Waals surface area contributed by atoms with E-state index in [0.717, 1.165) is 5.69 Å². The number of rotatable bonds is 0. The molecule has 2 heterocycles. The van der Waals surface area contributed by atoms with Crippen LogP contribution in [0.5, 0.6) is 0 Å². The first kappa shape index (κ1) is 6.54. The lowest BCUT2D eigenvalue weighted by molar-refractivity contribution is 1.04. The zero-order chi connectivity index (χ0) is 7.84. The molecule has 0 aromatic carbocycles. The van der Waals surface area contributed by atoms with E-state index >= 15 is 0 Å². The van der Waals surface area contributed by atoms with Crippen molar-refractivity contribution in [2.24, 2.45) is 0 Å². The lowest BCUT2D eigenvalue weighted by Gasteiger charge is -1.95. The Morgan fingerprint density at radius 2 is 2.27 bits per heavy atom. The molecule has 0 aliphatic heterocycles. The molecular formula is C6H5ClN4. The second-order valence-corrected chi connectivity index (χ2v) is 2.53. The fourth-order valence-corrected chi connectivity index (χ4v) is 1.18. The number of hydrogen-bond donors (Lipinski definition) is 0. The first-order valence-electron chi connectivity index (χ1n) is 3.11. The summed E-state index contributed by atoms with van der Waals surface area (Å²) in [5, 5.41) is 7.77. The van der Waals surface area contributed by atoms with Gasteiger partial charge in [-0.1, -0.05) is 0 Å². The molecule has 0 amide bonds. The highest BCUT2D eigenvalue weighted by molar-refractivity contribution is 6.28. The summed E-state index contributed by atoms with van der Waals surface area (Å²) >= 11 is 5.73. The van der Waals surface area contributed by atoms with E-state index in [1.165, 1.54) is 0 Å². The van der Waals surface area contributed by atoms with Gasteiger partial charge in [-0.25, -0.2) is 4.98 Å². The largest absolute Gasteiger partial charge is 0.256 e. The summed E-state index contributed by atoms with van der Waals surface area (Å²) in [6.07, 6.45) is 1.68. The van der Waals surface area contributed by atoms with Gasteiger partial charge in [0.05, 0.1) is 0 Å². The third-order valence-electron chi connectivity index (χ3n) is 1.46. The molecule has 0 bridgehead atoms. The first-order valence-corrected chi connectivity index (χ1v) is 3.49. The second-order valence-electron chi connectivity index (χ2n) is 2.19. The summed E-state index contributed by atoms with van der Waals surface area (Å²) in [6, 6.07) is 1.85. The van der Waals surface area contributed by atoms with Crippen LogP contribution < -0.4 is 0 Å². The second kappa shape index (κ2) is 2.17. The third kappa shape index (κ3) is 0.867. The number of halogens is 1. The zero-order valence-electron chi connectivity index (χ0n) is 5.82. The molecule has 0 aliphatic rings. The van der Waals surface area contributed by atoms with Crippen LogP contribution in [-0.4, -0.2) is 19.6 Å². The Morgan fingerprint density at radius 3 is 3.00 bits per heavy atom. The molecule has 5 heteroatoms. The molecular weight excluding hydrogens is 164 g/mol. The fourth-order valence-electron chi connectivity index (χ4n) is 0.931. The Labute approximate surface area is 67.8 Å². The molecule has 2 aromatic heterocycles. The lowest BCUT2D eigenvalue weighted by atomic mass is 10.4. The molecule has 0 fully saturated rings. The van der Waals surface area contributed by atoms with Gasteiger partial charge in [-0.05, 0) is 24.6 Å². The number of hydrogen-bond acceptors (Lipinski definition) is 3. The van der Waals surface area contributed by atoms with Crippen LogP contribution >= 0.6 is 11.6 Å². The molecule has 2 aromatic rings. The van der Waals surface area contributed by atoms with E-state index in [9.17, 15) is 0 Å². The van der Waals surface area contributed by atoms with Gasteiger partial charge in [0.2, 0.25) is 5.28 Å². The molecule has 0 saturated heterocycles. The number of aryl methyl sites for hydroxylation is 1. The van der Waals surface area contributed by atoms with Crippen molar-refractivity contribution in [2.45, 2.75) is 6.92 Å². The van der Waals surface area contributed by atoms with Crippen LogP contribution in [-0.2, 0) is 0 Å². The standard InChI is InChI=1S/C6H5ClN4/c1-4-2-3-8-6-10-9-5(7)11(4)6/h2-3H,1H3. The van der Waals surface area contributed by atoms with Gasteiger partial charge in [-0.15, -0.1) is 10.2 Å². The van der Waals surface area contributed by atoms with Crippen LogP contribution in [0, 0.1) is 6.92 Å². The summed E-state index contributed by atoms with van der Waals surface area (Å²) in [4.78, 5) is 3.97. The van der Waals surface area contributed by atoms with Crippen molar-refractivity contribution in [3.63, 3.8) is 0 Å². The van der Waals surface area contributed by atoms with Crippen LogP contribution in [0.25, 0.3) is 5.78 Å². The van der Waals surface area contributed by atoms with E-state index in [1.54, 1.807) is 10.6 Å². The lowest BCUT2D eigenvalue weighted by Crippen LogP contribution is -1.92. The predicted molar refractivity (Wildman–Crippen MR) is 40.5 cm³/mol. The minimum Gasteiger partial charge on any atom is -0.254 e. The fraction of sp³-hybridized carbons (Fsp3) is 0.167. The molecule has 2 rings (SSSR count). The topological polar surface area (TPSA) is 43.1 Å². The van der Waals surface area contributed by atoms with Gasteiger partial charge >= 0.3 is 0 Å². The molecule has 0 aliphatic carbocycles. The van der Waals surface area contributed by atoms with Gasteiger partial charge in [0.1, 0.15) is 0 Å². The molecule has 0 saturated carbocycles. The Balaban J connectivity index is 2.96. The average molecular weight is 169 g/mol. The van der Waals surface area contributed by atoms with E-state index in [-0.39, 0.29) is 0 Å². The molecule has 4 nitrogen and oxygen atoms in total. The van der Waals surface area contributed by atoms with E-state index in [2.05, 4.69) is 15.2 Å². The predicted octanol–water partition coefficient (Wildman–Crippen LogP) is 1.09. The molecule has 0 unspecified atom stereocenters. The Hall–Kier alpha value is -1.16. The van der Waals surface area contributed by atoms with Gasteiger partial charge in [-0.2, -0.15) is 0 Å². The monoisotopic (exact) mass is 168 g/mol. The van der Waals surface area contributed by atoms with Crippen LogP contribution in [0.4, 0.5) is 0 Å². The molecule has 0 N–H and O–H groups in total. The van der Waals surface area contributed by atoms with E-state index < -0.39 is 0 Å². The molecule has 0 atom stereocenters. The molecule has 56 valence electrons. The SMILES string of the molecule is Cc1ccnc2nnc(Cl)n12. The van der Waals surface area contributed by atoms with Crippen molar-refractivity contribution in [3.05, 3.63) is 23.2 Å². The molecule has 0 radical (unpaired) electrons. The minimum atomic E-state index is 0.352. The minimum absolute atomic E-state index is 0.352. The number of fused-ring (bicyclic) bond motifs is 1. The summed E-state index contributed by atoms with van der Waals surface area (Å²) in [7, 11) is 0. The van der Waals surface area contributed by atoms with E-state index in [0.29, 0.717) is 11.1 Å². The van der Waals surface area contributed by atoms with Crippen molar-refractivity contribution < 1.29 is 0 Å².